The summed E-state index contributed by atoms with van der Waals surface area (Å²) >= 11 is 0. The van der Waals surface area contributed by atoms with Crippen molar-refractivity contribution in [2.75, 3.05) is 6.54 Å². The lowest BCUT2D eigenvalue weighted by Gasteiger charge is -2.10. The smallest absolute Gasteiger partial charge is 0.0948 e. The first-order valence-corrected chi connectivity index (χ1v) is 5.43. The summed E-state index contributed by atoms with van der Waals surface area (Å²) in [7, 11) is 0. The highest BCUT2D eigenvalue weighted by Crippen LogP contribution is 2.04. The van der Waals surface area contributed by atoms with Gasteiger partial charge in [0.15, 0.2) is 0 Å². The van der Waals surface area contributed by atoms with Crippen LogP contribution in [0.3, 0.4) is 0 Å². The van der Waals surface area contributed by atoms with Crippen LogP contribution in [0.1, 0.15) is 32.9 Å². The van der Waals surface area contributed by atoms with Crippen LogP contribution in [0.15, 0.2) is 12.5 Å². The molecule has 0 saturated carbocycles. The van der Waals surface area contributed by atoms with Crippen molar-refractivity contribution >= 4 is 0 Å². The zero-order valence-electron chi connectivity index (χ0n) is 9.45. The van der Waals surface area contributed by atoms with Crippen LogP contribution in [0.2, 0.25) is 0 Å². The van der Waals surface area contributed by atoms with Gasteiger partial charge in [-0.25, -0.2) is 4.98 Å². The second-order valence-corrected chi connectivity index (χ2v) is 4.11. The second kappa shape index (κ2) is 5.81. The van der Waals surface area contributed by atoms with Gasteiger partial charge in [0.1, 0.15) is 0 Å². The number of imidazole rings is 1. The molecule has 0 amide bonds. The van der Waals surface area contributed by atoms with E-state index in [2.05, 4.69) is 35.6 Å². The van der Waals surface area contributed by atoms with E-state index in [9.17, 15) is 0 Å². The molecule has 0 spiro atoms. The van der Waals surface area contributed by atoms with Gasteiger partial charge >= 0.3 is 0 Å². The lowest BCUT2D eigenvalue weighted by molar-refractivity contribution is 0.500. The van der Waals surface area contributed by atoms with E-state index in [1.807, 2.05) is 12.5 Å². The molecule has 1 rings (SSSR count). The van der Waals surface area contributed by atoms with Gasteiger partial charge in [0.05, 0.1) is 12.0 Å². The number of rotatable bonds is 6. The Hall–Kier alpha value is -0.830. The first-order chi connectivity index (χ1) is 6.74. The van der Waals surface area contributed by atoms with Gasteiger partial charge in [-0.3, -0.25) is 0 Å². The molecule has 0 fully saturated rings. The van der Waals surface area contributed by atoms with E-state index >= 15 is 0 Å². The zero-order valence-corrected chi connectivity index (χ0v) is 9.45. The highest BCUT2D eigenvalue weighted by molar-refractivity contribution is 4.97. The number of hydrogen-bond acceptors (Lipinski definition) is 2. The topological polar surface area (TPSA) is 29.9 Å². The van der Waals surface area contributed by atoms with Crippen molar-refractivity contribution in [3.8, 4) is 0 Å². The van der Waals surface area contributed by atoms with E-state index in [1.165, 1.54) is 12.1 Å². The molecule has 0 saturated heterocycles. The fourth-order valence-electron chi connectivity index (χ4n) is 1.45. The van der Waals surface area contributed by atoms with Gasteiger partial charge in [0.25, 0.3) is 0 Å². The van der Waals surface area contributed by atoms with E-state index < -0.39 is 0 Å². The van der Waals surface area contributed by atoms with Crippen LogP contribution >= 0.6 is 0 Å². The highest BCUT2D eigenvalue weighted by Gasteiger charge is 2.02. The molecule has 0 aromatic carbocycles. The summed E-state index contributed by atoms with van der Waals surface area (Å²) in [4.78, 5) is 4.18. The minimum absolute atomic E-state index is 0.675. The maximum Gasteiger partial charge on any atom is 0.0948 e. The Morgan fingerprint density at radius 3 is 2.93 bits per heavy atom. The molecule has 0 aliphatic rings. The molecule has 1 heterocycles. The minimum atomic E-state index is 0.675. The van der Waals surface area contributed by atoms with Crippen molar-refractivity contribution in [2.24, 2.45) is 5.92 Å². The second-order valence-electron chi connectivity index (χ2n) is 4.11. The van der Waals surface area contributed by atoms with Crippen molar-refractivity contribution in [1.29, 1.82) is 0 Å². The quantitative estimate of drug-likeness (QED) is 0.704. The predicted octanol–water partition coefficient (Wildman–Crippen LogP) is 2.04. The highest BCUT2D eigenvalue weighted by atomic mass is 15.1. The van der Waals surface area contributed by atoms with Gasteiger partial charge in [-0.1, -0.05) is 20.8 Å². The lowest BCUT2D eigenvalue weighted by Crippen LogP contribution is -2.17. The molecule has 1 aromatic heterocycles. The summed E-state index contributed by atoms with van der Waals surface area (Å²) in [6.45, 7) is 9.70. The number of aromatic nitrogens is 2. The molecule has 0 aliphatic heterocycles. The third-order valence-corrected chi connectivity index (χ3v) is 2.09. The number of nitrogens with one attached hydrogen (secondary N) is 1. The maximum absolute atomic E-state index is 4.18. The largest absolute Gasteiger partial charge is 0.333 e. The Morgan fingerprint density at radius 2 is 2.29 bits per heavy atom. The fraction of sp³-hybridized carbons (Fsp3) is 0.727. The molecule has 0 atom stereocenters. The van der Waals surface area contributed by atoms with E-state index in [0.717, 1.165) is 19.6 Å². The van der Waals surface area contributed by atoms with Gasteiger partial charge in [-0.05, 0) is 18.9 Å². The van der Waals surface area contributed by atoms with Gasteiger partial charge < -0.3 is 9.88 Å². The maximum atomic E-state index is 4.18. The predicted molar refractivity (Wildman–Crippen MR) is 59.1 cm³/mol. The van der Waals surface area contributed by atoms with Crippen LogP contribution < -0.4 is 5.32 Å². The molecule has 80 valence electrons. The molecule has 14 heavy (non-hydrogen) atoms. The van der Waals surface area contributed by atoms with E-state index in [-0.39, 0.29) is 0 Å². The minimum Gasteiger partial charge on any atom is -0.333 e. The Balaban J connectivity index is 2.45. The first-order valence-electron chi connectivity index (χ1n) is 5.43. The molecule has 0 unspecified atom stereocenters. The molecule has 0 radical (unpaired) electrons. The van der Waals surface area contributed by atoms with Crippen LogP contribution in [0.4, 0.5) is 0 Å². The molecule has 0 bridgehead atoms. The summed E-state index contributed by atoms with van der Waals surface area (Å²) in [5, 5.41) is 3.39. The number of nitrogens with zero attached hydrogens (tertiary/aromatic N) is 2. The molecule has 1 aromatic rings. The molecule has 1 N–H and O–H groups in total. The van der Waals surface area contributed by atoms with Crippen molar-refractivity contribution in [3.05, 3.63) is 18.2 Å². The molecule has 3 nitrogen and oxygen atoms in total. The van der Waals surface area contributed by atoms with E-state index in [1.54, 1.807) is 0 Å². The van der Waals surface area contributed by atoms with Crippen LogP contribution in [0.5, 0.6) is 0 Å². The van der Waals surface area contributed by atoms with Gasteiger partial charge in [-0.15, -0.1) is 0 Å². The third kappa shape index (κ3) is 3.50. The lowest BCUT2D eigenvalue weighted by atomic mass is 10.2. The SMILES string of the molecule is CCCNCc1cncn1CC(C)C. The molecular formula is C11H21N3. The van der Waals surface area contributed by atoms with Crippen molar-refractivity contribution in [3.63, 3.8) is 0 Å². The van der Waals surface area contributed by atoms with Gasteiger partial charge in [-0.2, -0.15) is 0 Å². The third-order valence-electron chi connectivity index (χ3n) is 2.09. The monoisotopic (exact) mass is 195 g/mol. The van der Waals surface area contributed by atoms with Crippen LogP contribution in [0.25, 0.3) is 0 Å². The Bertz CT molecular complexity index is 253. The molecule has 3 heteroatoms. The van der Waals surface area contributed by atoms with Crippen molar-refractivity contribution in [1.82, 2.24) is 14.9 Å². The standard InChI is InChI=1S/C11H21N3/c1-4-5-12-6-11-7-13-9-14(11)8-10(2)3/h7,9-10,12H,4-6,8H2,1-3H3. The molecular weight excluding hydrogens is 174 g/mol. The van der Waals surface area contributed by atoms with Crippen LogP contribution in [0, 0.1) is 5.92 Å². The van der Waals surface area contributed by atoms with Crippen LogP contribution in [-0.2, 0) is 13.1 Å². The fourth-order valence-corrected chi connectivity index (χ4v) is 1.45. The number of hydrogen-bond donors (Lipinski definition) is 1. The van der Waals surface area contributed by atoms with Crippen molar-refractivity contribution < 1.29 is 0 Å². The summed E-state index contributed by atoms with van der Waals surface area (Å²) in [6.07, 6.45) is 5.05. The van der Waals surface area contributed by atoms with Gasteiger partial charge in [0.2, 0.25) is 0 Å². The normalized spacial score (nSPS) is 11.1. The van der Waals surface area contributed by atoms with E-state index in [4.69, 9.17) is 0 Å². The average Bonchev–Trinajstić information content (AvgIpc) is 2.52. The van der Waals surface area contributed by atoms with Gasteiger partial charge in [0, 0.05) is 19.3 Å². The summed E-state index contributed by atoms with van der Waals surface area (Å²) < 4.78 is 2.23. The van der Waals surface area contributed by atoms with E-state index in [0.29, 0.717) is 5.92 Å². The summed E-state index contributed by atoms with van der Waals surface area (Å²) in [6, 6.07) is 0. The zero-order chi connectivity index (χ0) is 10.4. The van der Waals surface area contributed by atoms with Crippen molar-refractivity contribution in [2.45, 2.75) is 40.3 Å². The summed E-state index contributed by atoms with van der Waals surface area (Å²) in [5.74, 6) is 0.675. The Labute approximate surface area is 86.5 Å². The van der Waals surface area contributed by atoms with Crippen LogP contribution in [-0.4, -0.2) is 16.1 Å². The Morgan fingerprint density at radius 1 is 1.50 bits per heavy atom. The molecule has 0 aliphatic carbocycles. The Kier molecular flexibility index (Phi) is 4.66. The average molecular weight is 195 g/mol. The summed E-state index contributed by atoms with van der Waals surface area (Å²) in [5.41, 5.74) is 1.28. The first kappa shape index (κ1) is 11.2.